The molecule has 1 saturated heterocycles. The third kappa shape index (κ3) is 2.37. The number of carbonyl (C=O) groups excluding carboxylic acids is 1. The van der Waals surface area contributed by atoms with E-state index in [2.05, 4.69) is 0 Å². The zero-order valence-electron chi connectivity index (χ0n) is 10.2. The number of rotatable bonds is 2. The van der Waals surface area contributed by atoms with Crippen molar-refractivity contribution in [1.82, 2.24) is 0 Å². The van der Waals surface area contributed by atoms with Gasteiger partial charge in [-0.25, -0.2) is 8.42 Å². The molecule has 0 aromatic heterocycles. The van der Waals surface area contributed by atoms with Gasteiger partial charge in [0, 0.05) is 29.3 Å². The number of aryl methyl sites for hydroxylation is 2. The lowest BCUT2D eigenvalue weighted by molar-refractivity contribution is -0.117. The molecule has 2 rings (SSSR count). The largest absolute Gasteiger partial charge is 0.312 e. The second-order valence-corrected chi connectivity index (χ2v) is 7.03. The fourth-order valence-electron chi connectivity index (χ4n) is 2.23. The highest BCUT2D eigenvalue weighted by atomic mass is 35.7. The second kappa shape index (κ2) is 4.55. The van der Waals surface area contributed by atoms with E-state index in [9.17, 15) is 13.2 Å². The molecule has 0 saturated carbocycles. The Kier molecular flexibility index (Phi) is 3.38. The van der Waals surface area contributed by atoms with Gasteiger partial charge in [0.05, 0.1) is 4.90 Å². The van der Waals surface area contributed by atoms with E-state index in [1.165, 1.54) is 6.07 Å². The lowest BCUT2D eigenvalue weighted by atomic mass is 10.1. The maximum atomic E-state index is 11.7. The Labute approximate surface area is 111 Å². The average molecular weight is 288 g/mol. The SMILES string of the molecule is Cc1cc(S(=O)(=O)Cl)c(C)cc1N1CCCC1=O. The minimum absolute atomic E-state index is 0.0824. The van der Waals surface area contributed by atoms with Gasteiger partial charge in [-0.2, -0.15) is 0 Å². The molecule has 1 amide bonds. The lowest BCUT2D eigenvalue weighted by Gasteiger charge is -2.19. The Morgan fingerprint density at radius 3 is 2.39 bits per heavy atom. The van der Waals surface area contributed by atoms with Gasteiger partial charge in [-0.1, -0.05) is 0 Å². The van der Waals surface area contributed by atoms with Crippen molar-refractivity contribution in [2.75, 3.05) is 11.4 Å². The normalized spacial score (nSPS) is 16.4. The van der Waals surface area contributed by atoms with Crippen LogP contribution in [0.15, 0.2) is 17.0 Å². The summed E-state index contributed by atoms with van der Waals surface area (Å²) in [5.41, 5.74) is 2.08. The molecule has 1 fully saturated rings. The minimum atomic E-state index is -3.74. The van der Waals surface area contributed by atoms with Crippen LogP contribution in [0.5, 0.6) is 0 Å². The van der Waals surface area contributed by atoms with Crippen LogP contribution in [-0.4, -0.2) is 20.9 Å². The van der Waals surface area contributed by atoms with Crippen LogP contribution in [0.3, 0.4) is 0 Å². The fourth-order valence-corrected chi connectivity index (χ4v) is 3.49. The summed E-state index contributed by atoms with van der Waals surface area (Å²) in [5, 5.41) is 0. The molecular formula is C12H14ClNO3S. The van der Waals surface area contributed by atoms with Gasteiger partial charge in [0.1, 0.15) is 0 Å². The summed E-state index contributed by atoms with van der Waals surface area (Å²) in [5.74, 6) is 0.0824. The molecule has 0 radical (unpaired) electrons. The smallest absolute Gasteiger partial charge is 0.261 e. The molecule has 1 aromatic carbocycles. The molecule has 6 heteroatoms. The van der Waals surface area contributed by atoms with Gasteiger partial charge in [-0.05, 0) is 43.5 Å². The van der Waals surface area contributed by atoms with Gasteiger partial charge in [0.2, 0.25) is 5.91 Å². The Bertz CT molecular complexity index is 610. The van der Waals surface area contributed by atoms with Crippen LogP contribution < -0.4 is 4.90 Å². The van der Waals surface area contributed by atoms with Crippen molar-refractivity contribution in [2.24, 2.45) is 0 Å². The molecule has 0 spiro atoms. The van der Waals surface area contributed by atoms with Crippen molar-refractivity contribution < 1.29 is 13.2 Å². The molecule has 0 bridgehead atoms. The first kappa shape index (κ1) is 13.4. The standard InChI is InChI=1S/C12H14ClNO3S/c1-8-7-11(18(13,16)17)9(2)6-10(8)14-5-3-4-12(14)15/h6-7H,3-5H2,1-2H3. The topological polar surface area (TPSA) is 54.5 Å². The van der Waals surface area contributed by atoms with Crippen LogP contribution >= 0.6 is 10.7 Å². The van der Waals surface area contributed by atoms with Gasteiger partial charge < -0.3 is 4.90 Å². The highest BCUT2D eigenvalue weighted by molar-refractivity contribution is 8.13. The zero-order valence-corrected chi connectivity index (χ0v) is 11.8. The Balaban J connectivity index is 2.53. The molecule has 0 N–H and O–H groups in total. The van der Waals surface area contributed by atoms with Crippen molar-refractivity contribution >= 4 is 31.3 Å². The molecule has 1 aliphatic rings. The van der Waals surface area contributed by atoms with E-state index in [0.29, 0.717) is 18.5 Å². The van der Waals surface area contributed by atoms with Gasteiger partial charge >= 0.3 is 0 Å². The molecule has 0 atom stereocenters. The predicted molar refractivity (Wildman–Crippen MR) is 70.5 cm³/mol. The molecule has 0 aliphatic carbocycles. The molecule has 1 heterocycles. The number of hydrogen-bond acceptors (Lipinski definition) is 3. The summed E-state index contributed by atoms with van der Waals surface area (Å²) in [4.78, 5) is 13.5. The summed E-state index contributed by atoms with van der Waals surface area (Å²) in [6, 6.07) is 3.24. The zero-order chi connectivity index (χ0) is 13.5. The maximum Gasteiger partial charge on any atom is 0.261 e. The molecule has 98 valence electrons. The van der Waals surface area contributed by atoms with Crippen LogP contribution in [0.25, 0.3) is 0 Å². The van der Waals surface area contributed by atoms with E-state index in [-0.39, 0.29) is 10.8 Å². The van der Waals surface area contributed by atoms with E-state index in [0.717, 1.165) is 17.7 Å². The van der Waals surface area contributed by atoms with Crippen LogP contribution in [-0.2, 0) is 13.8 Å². The van der Waals surface area contributed by atoms with E-state index >= 15 is 0 Å². The van der Waals surface area contributed by atoms with Crippen LogP contribution in [0.2, 0.25) is 0 Å². The quantitative estimate of drug-likeness (QED) is 0.785. The molecule has 1 aliphatic heterocycles. The van der Waals surface area contributed by atoms with E-state index in [1.807, 2.05) is 0 Å². The molecular weight excluding hydrogens is 274 g/mol. The Morgan fingerprint density at radius 1 is 1.22 bits per heavy atom. The first-order valence-electron chi connectivity index (χ1n) is 5.67. The van der Waals surface area contributed by atoms with Crippen LogP contribution in [0.4, 0.5) is 5.69 Å². The number of nitrogens with zero attached hydrogens (tertiary/aromatic N) is 1. The monoisotopic (exact) mass is 287 g/mol. The van der Waals surface area contributed by atoms with E-state index in [4.69, 9.17) is 10.7 Å². The van der Waals surface area contributed by atoms with Crippen molar-refractivity contribution in [3.05, 3.63) is 23.3 Å². The van der Waals surface area contributed by atoms with Crippen LogP contribution in [0.1, 0.15) is 24.0 Å². The number of anilines is 1. The minimum Gasteiger partial charge on any atom is -0.312 e. The Morgan fingerprint density at radius 2 is 1.89 bits per heavy atom. The average Bonchev–Trinajstić information content (AvgIpc) is 2.66. The number of amides is 1. The first-order chi connectivity index (χ1) is 8.30. The predicted octanol–water partition coefficient (Wildman–Crippen LogP) is 2.36. The highest BCUT2D eigenvalue weighted by Crippen LogP contribution is 2.31. The molecule has 1 aromatic rings. The summed E-state index contributed by atoms with van der Waals surface area (Å²) < 4.78 is 22.8. The fraction of sp³-hybridized carbons (Fsp3) is 0.417. The summed E-state index contributed by atoms with van der Waals surface area (Å²) in [7, 11) is 1.63. The van der Waals surface area contributed by atoms with Crippen molar-refractivity contribution in [2.45, 2.75) is 31.6 Å². The molecule has 0 unspecified atom stereocenters. The van der Waals surface area contributed by atoms with Gasteiger partial charge in [-0.3, -0.25) is 4.79 Å². The Hall–Kier alpha value is -1.07. The van der Waals surface area contributed by atoms with Crippen molar-refractivity contribution in [3.63, 3.8) is 0 Å². The lowest BCUT2D eigenvalue weighted by Crippen LogP contribution is -2.24. The summed E-state index contributed by atoms with van der Waals surface area (Å²) in [6.45, 7) is 4.15. The molecule has 18 heavy (non-hydrogen) atoms. The number of benzene rings is 1. The number of carbonyl (C=O) groups is 1. The van der Waals surface area contributed by atoms with Crippen molar-refractivity contribution in [1.29, 1.82) is 0 Å². The maximum absolute atomic E-state index is 11.7. The van der Waals surface area contributed by atoms with Gasteiger partial charge in [-0.15, -0.1) is 0 Å². The van der Waals surface area contributed by atoms with Gasteiger partial charge in [0.15, 0.2) is 0 Å². The first-order valence-corrected chi connectivity index (χ1v) is 7.98. The second-order valence-electron chi connectivity index (χ2n) is 4.49. The third-order valence-electron chi connectivity index (χ3n) is 3.12. The van der Waals surface area contributed by atoms with E-state index in [1.54, 1.807) is 24.8 Å². The van der Waals surface area contributed by atoms with Crippen LogP contribution in [0, 0.1) is 13.8 Å². The van der Waals surface area contributed by atoms with E-state index < -0.39 is 9.05 Å². The third-order valence-corrected chi connectivity index (χ3v) is 4.58. The summed E-state index contributed by atoms with van der Waals surface area (Å²) >= 11 is 0. The molecule has 4 nitrogen and oxygen atoms in total. The van der Waals surface area contributed by atoms with Crippen molar-refractivity contribution in [3.8, 4) is 0 Å². The number of hydrogen-bond donors (Lipinski definition) is 0. The summed E-state index contributed by atoms with van der Waals surface area (Å²) in [6.07, 6.45) is 1.39. The highest BCUT2D eigenvalue weighted by Gasteiger charge is 2.25. The number of halogens is 1. The van der Waals surface area contributed by atoms with Gasteiger partial charge in [0.25, 0.3) is 9.05 Å².